The summed E-state index contributed by atoms with van der Waals surface area (Å²) in [5, 5.41) is 3.77. The van der Waals surface area contributed by atoms with Crippen molar-refractivity contribution in [3.63, 3.8) is 0 Å². The van der Waals surface area contributed by atoms with E-state index in [0.717, 1.165) is 44.6 Å². The third kappa shape index (κ3) is 5.34. The number of rotatable bonds is 4. The van der Waals surface area contributed by atoms with Gasteiger partial charge in [0.05, 0.1) is 0 Å². The van der Waals surface area contributed by atoms with Crippen LogP contribution in [0.2, 0.25) is 0 Å². The highest BCUT2D eigenvalue weighted by molar-refractivity contribution is 5.95. The number of carbonyl (C=O) groups is 2. The first-order valence-corrected chi connectivity index (χ1v) is 11.3. The van der Waals surface area contributed by atoms with Crippen molar-refractivity contribution in [2.24, 2.45) is 5.92 Å². The van der Waals surface area contributed by atoms with E-state index in [1.807, 2.05) is 43.6 Å². The van der Waals surface area contributed by atoms with Crippen LogP contribution >= 0.6 is 0 Å². The number of amides is 2. The Hall–Kier alpha value is -2.08. The van der Waals surface area contributed by atoms with Crippen LogP contribution in [0, 0.1) is 5.92 Å². The molecule has 1 aromatic rings. The molecule has 2 atom stereocenters. The van der Waals surface area contributed by atoms with Crippen molar-refractivity contribution in [2.75, 3.05) is 24.5 Å². The van der Waals surface area contributed by atoms with E-state index in [0.29, 0.717) is 12.3 Å². The van der Waals surface area contributed by atoms with Gasteiger partial charge in [-0.05, 0) is 71.0 Å². The summed E-state index contributed by atoms with van der Waals surface area (Å²) < 4.78 is 5.50. The number of hydrogen-bond acceptors (Lipinski definition) is 4. The molecule has 2 heterocycles. The van der Waals surface area contributed by atoms with Crippen LogP contribution in [0.15, 0.2) is 24.3 Å². The van der Waals surface area contributed by atoms with Crippen LogP contribution < -0.4 is 10.2 Å². The largest absolute Gasteiger partial charge is 0.444 e. The first-order chi connectivity index (χ1) is 14.2. The Balaban J connectivity index is 1.57. The van der Waals surface area contributed by atoms with Gasteiger partial charge in [0.1, 0.15) is 5.60 Å². The monoisotopic (exact) mass is 415 g/mol. The van der Waals surface area contributed by atoms with Crippen molar-refractivity contribution in [1.29, 1.82) is 0 Å². The Morgan fingerprint density at radius 2 is 1.83 bits per heavy atom. The molecule has 0 saturated carbocycles. The third-order valence-electron chi connectivity index (χ3n) is 6.08. The van der Waals surface area contributed by atoms with Gasteiger partial charge < -0.3 is 19.9 Å². The van der Waals surface area contributed by atoms with Crippen LogP contribution in [0.25, 0.3) is 0 Å². The maximum Gasteiger partial charge on any atom is 0.410 e. The van der Waals surface area contributed by atoms with Gasteiger partial charge in [-0.3, -0.25) is 4.79 Å². The molecule has 0 aromatic heterocycles. The summed E-state index contributed by atoms with van der Waals surface area (Å²) in [6.07, 6.45) is 3.20. The molecule has 1 N–H and O–H groups in total. The SMILES string of the molecule is CCC(=O)N1c2ccccc2[C@H](NCC2CCN(C(=O)OC(C)(C)C)CC2)C[C@@H]1C. The van der Waals surface area contributed by atoms with Crippen LogP contribution in [-0.2, 0) is 9.53 Å². The number of anilines is 1. The minimum absolute atomic E-state index is 0.180. The third-order valence-corrected chi connectivity index (χ3v) is 6.08. The number of piperidine rings is 1. The number of carbonyl (C=O) groups excluding carboxylic acids is 2. The van der Waals surface area contributed by atoms with Crippen LogP contribution in [0.3, 0.4) is 0 Å². The number of hydrogen-bond donors (Lipinski definition) is 1. The summed E-state index contributed by atoms with van der Waals surface area (Å²) in [6, 6.07) is 8.69. The fourth-order valence-electron chi connectivity index (χ4n) is 4.51. The number of ether oxygens (including phenoxy) is 1. The highest BCUT2D eigenvalue weighted by atomic mass is 16.6. The summed E-state index contributed by atoms with van der Waals surface area (Å²) in [4.78, 5) is 28.5. The predicted molar refractivity (Wildman–Crippen MR) is 120 cm³/mol. The van der Waals surface area contributed by atoms with Gasteiger partial charge in [0, 0.05) is 37.3 Å². The summed E-state index contributed by atoms with van der Waals surface area (Å²) >= 11 is 0. The predicted octanol–water partition coefficient (Wildman–Crippen LogP) is 4.50. The Kier molecular flexibility index (Phi) is 7.06. The maximum absolute atomic E-state index is 12.5. The molecule has 2 aliphatic rings. The van der Waals surface area contributed by atoms with Crippen molar-refractivity contribution < 1.29 is 14.3 Å². The van der Waals surface area contributed by atoms with Gasteiger partial charge in [-0.1, -0.05) is 25.1 Å². The zero-order valence-electron chi connectivity index (χ0n) is 19.1. The molecule has 1 aromatic carbocycles. The normalized spacial score (nSPS) is 22.6. The molecule has 0 bridgehead atoms. The molecule has 2 aliphatic heterocycles. The van der Waals surface area contributed by atoms with Gasteiger partial charge in [-0.25, -0.2) is 4.79 Å². The molecule has 0 unspecified atom stereocenters. The second kappa shape index (κ2) is 9.38. The van der Waals surface area contributed by atoms with E-state index in [4.69, 9.17) is 4.74 Å². The first-order valence-electron chi connectivity index (χ1n) is 11.3. The molecule has 1 fully saturated rings. The van der Waals surface area contributed by atoms with Crippen molar-refractivity contribution in [3.8, 4) is 0 Å². The highest BCUT2D eigenvalue weighted by Gasteiger charge is 2.33. The average molecular weight is 416 g/mol. The van der Waals surface area contributed by atoms with E-state index in [9.17, 15) is 9.59 Å². The smallest absolute Gasteiger partial charge is 0.410 e. The topological polar surface area (TPSA) is 61.9 Å². The van der Waals surface area contributed by atoms with Crippen LogP contribution in [0.4, 0.5) is 10.5 Å². The number of nitrogens with one attached hydrogen (secondary N) is 1. The van der Waals surface area contributed by atoms with E-state index >= 15 is 0 Å². The van der Waals surface area contributed by atoms with Gasteiger partial charge in [0.2, 0.25) is 5.91 Å². The zero-order valence-corrected chi connectivity index (χ0v) is 19.1. The second-order valence-corrected chi connectivity index (χ2v) is 9.63. The first kappa shape index (κ1) is 22.6. The molecule has 0 aliphatic carbocycles. The van der Waals surface area contributed by atoms with Gasteiger partial charge in [-0.2, -0.15) is 0 Å². The molecule has 6 heteroatoms. The number of nitrogens with zero attached hydrogens (tertiary/aromatic N) is 2. The second-order valence-electron chi connectivity index (χ2n) is 9.63. The molecule has 2 amide bonds. The number of likely N-dealkylation sites (tertiary alicyclic amines) is 1. The Labute approximate surface area is 180 Å². The lowest BCUT2D eigenvalue weighted by molar-refractivity contribution is -0.118. The molecule has 166 valence electrons. The molecule has 3 rings (SSSR count). The number of benzene rings is 1. The van der Waals surface area contributed by atoms with E-state index < -0.39 is 5.60 Å². The van der Waals surface area contributed by atoms with E-state index in [2.05, 4.69) is 30.4 Å². The van der Waals surface area contributed by atoms with Crippen molar-refractivity contribution in [1.82, 2.24) is 10.2 Å². The summed E-state index contributed by atoms with van der Waals surface area (Å²) in [5.41, 5.74) is 1.80. The van der Waals surface area contributed by atoms with Crippen molar-refractivity contribution in [2.45, 2.75) is 78.0 Å². The summed E-state index contributed by atoms with van der Waals surface area (Å²) in [7, 11) is 0. The van der Waals surface area contributed by atoms with Crippen LogP contribution in [0.5, 0.6) is 0 Å². The van der Waals surface area contributed by atoms with Crippen molar-refractivity contribution >= 4 is 17.7 Å². The zero-order chi connectivity index (χ0) is 21.9. The van der Waals surface area contributed by atoms with Crippen molar-refractivity contribution in [3.05, 3.63) is 29.8 Å². The fourth-order valence-corrected chi connectivity index (χ4v) is 4.51. The molecule has 30 heavy (non-hydrogen) atoms. The molecular formula is C24H37N3O3. The Morgan fingerprint density at radius 1 is 1.17 bits per heavy atom. The Morgan fingerprint density at radius 3 is 2.47 bits per heavy atom. The van der Waals surface area contributed by atoms with Crippen LogP contribution in [0.1, 0.15) is 71.9 Å². The lowest BCUT2D eigenvalue weighted by atomic mass is 9.90. The van der Waals surface area contributed by atoms with E-state index in [1.165, 1.54) is 5.56 Å². The molecule has 1 saturated heterocycles. The quantitative estimate of drug-likeness (QED) is 0.786. The van der Waals surface area contributed by atoms with Gasteiger partial charge >= 0.3 is 6.09 Å². The van der Waals surface area contributed by atoms with E-state index in [-0.39, 0.29) is 24.1 Å². The van der Waals surface area contributed by atoms with Gasteiger partial charge in [0.25, 0.3) is 0 Å². The molecule has 6 nitrogen and oxygen atoms in total. The Bertz CT molecular complexity index is 750. The maximum atomic E-state index is 12.5. The van der Waals surface area contributed by atoms with E-state index in [1.54, 1.807) is 0 Å². The number of fused-ring (bicyclic) bond motifs is 1. The minimum atomic E-state index is -0.451. The lowest BCUT2D eigenvalue weighted by Gasteiger charge is -2.40. The summed E-state index contributed by atoms with van der Waals surface area (Å²) in [5.74, 6) is 0.726. The highest BCUT2D eigenvalue weighted by Crippen LogP contribution is 2.37. The summed E-state index contributed by atoms with van der Waals surface area (Å²) in [6.45, 7) is 12.2. The van der Waals surface area contributed by atoms with Crippen LogP contribution in [-0.4, -0.2) is 48.2 Å². The van der Waals surface area contributed by atoms with Gasteiger partial charge in [0.15, 0.2) is 0 Å². The fraction of sp³-hybridized carbons (Fsp3) is 0.667. The standard InChI is InChI=1S/C24H37N3O3/c1-6-22(28)27-17(2)15-20(19-9-7-8-10-21(19)27)25-16-18-11-13-26(14-12-18)23(29)30-24(3,4)5/h7-10,17-18,20,25H,6,11-16H2,1-5H3/t17-,20+/m0/s1. The molecular weight excluding hydrogens is 378 g/mol. The van der Waals surface area contributed by atoms with Gasteiger partial charge in [-0.15, -0.1) is 0 Å². The minimum Gasteiger partial charge on any atom is -0.444 e. The average Bonchev–Trinajstić information content (AvgIpc) is 2.70. The molecule has 0 spiro atoms. The number of para-hydroxylation sites is 1. The molecule has 0 radical (unpaired) electrons. The lowest BCUT2D eigenvalue weighted by Crippen LogP contribution is -2.47.